The van der Waals surface area contributed by atoms with Crippen LogP contribution >= 0.6 is 0 Å². The van der Waals surface area contributed by atoms with Gasteiger partial charge in [0.1, 0.15) is 0 Å². The van der Waals surface area contributed by atoms with Crippen LogP contribution in [0.25, 0.3) is 0 Å². The molecule has 1 saturated heterocycles. The maximum absolute atomic E-state index is 11.2. The molecule has 0 saturated carbocycles. The molecule has 0 aliphatic carbocycles. The molecular weight excluding hydrogens is 218 g/mol. The summed E-state index contributed by atoms with van der Waals surface area (Å²) in [6, 6.07) is 0.903. The fourth-order valence-electron chi connectivity index (χ4n) is 1.99. The number of hydrogen-bond acceptors (Lipinski definition) is 4. The smallest absolute Gasteiger partial charge is 0.221 e. The molecule has 0 bridgehead atoms. The summed E-state index contributed by atoms with van der Waals surface area (Å²) in [5.74, 6) is 0.100. The minimum Gasteiger partial charge on any atom is -0.379 e. The van der Waals surface area contributed by atoms with Crippen LogP contribution in [0, 0.1) is 0 Å². The second-order valence-electron chi connectivity index (χ2n) is 4.71. The lowest BCUT2D eigenvalue weighted by atomic mass is 10.1. The highest BCUT2D eigenvalue weighted by Crippen LogP contribution is 2.08. The van der Waals surface area contributed by atoms with Gasteiger partial charge in [-0.1, -0.05) is 0 Å². The van der Waals surface area contributed by atoms with Crippen LogP contribution in [0.2, 0.25) is 0 Å². The van der Waals surface area contributed by atoms with Crippen molar-refractivity contribution >= 4 is 5.91 Å². The Morgan fingerprint density at radius 2 is 2.41 bits per heavy atom. The Morgan fingerprint density at radius 3 is 3.00 bits per heavy atom. The van der Waals surface area contributed by atoms with Gasteiger partial charge in [0.2, 0.25) is 5.91 Å². The van der Waals surface area contributed by atoms with Crippen LogP contribution in [-0.2, 0) is 9.53 Å². The predicted molar refractivity (Wildman–Crippen MR) is 68.0 cm³/mol. The van der Waals surface area contributed by atoms with E-state index in [1.165, 1.54) is 0 Å². The van der Waals surface area contributed by atoms with Crippen molar-refractivity contribution in [1.29, 1.82) is 0 Å². The molecule has 1 rings (SSSR count). The lowest BCUT2D eigenvalue weighted by molar-refractivity contribution is -0.120. The zero-order chi connectivity index (χ0) is 12.7. The molecule has 0 aromatic carbocycles. The Kier molecular flexibility index (Phi) is 6.47. The Hall–Kier alpha value is -0.650. The molecule has 0 aromatic heterocycles. The van der Waals surface area contributed by atoms with Crippen LogP contribution in [0.3, 0.4) is 0 Å². The largest absolute Gasteiger partial charge is 0.379 e. The van der Waals surface area contributed by atoms with E-state index in [-0.39, 0.29) is 5.91 Å². The maximum Gasteiger partial charge on any atom is 0.221 e. The standard InChI is InChI=1S/C12H25N3O2/c1-10(8-11-9-17-7-5-14-11)15(3)6-4-12(16)13-2/h10-11,14H,4-9H2,1-3H3,(H,13,16). The summed E-state index contributed by atoms with van der Waals surface area (Å²) in [6.45, 7) is 5.55. The minimum atomic E-state index is 0.100. The molecule has 2 N–H and O–H groups in total. The van der Waals surface area contributed by atoms with Gasteiger partial charge in [0.15, 0.2) is 0 Å². The van der Waals surface area contributed by atoms with Crippen molar-refractivity contribution < 1.29 is 9.53 Å². The molecule has 1 aliphatic rings. The molecule has 5 heteroatoms. The van der Waals surface area contributed by atoms with Crippen molar-refractivity contribution in [1.82, 2.24) is 15.5 Å². The van der Waals surface area contributed by atoms with Crippen molar-refractivity contribution in [3.8, 4) is 0 Å². The third-order valence-electron chi connectivity index (χ3n) is 3.35. The van der Waals surface area contributed by atoms with E-state index in [9.17, 15) is 4.79 Å². The molecule has 2 unspecified atom stereocenters. The molecule has 1 fully saturated rings. The van der Waals surface area contributed by atoms with Gasteiger partial charge in [-0.2, -0.15) is 0 Å². The van der Waals surface area contributed by atoms with Gasteiger partial charge >= 0.3 is 0 Å². The van der Waals surface area contributed by atoms with E-state index in [0.29, 0.717) is 18.5 Å². The van der Waals surface area contributed by atoms with Crippen molar-refractivity contribution in [3.05, 3.63) is 0 Å². The van der Waals surface area contributed by atoms with Gasteiger partial charge in [-0.3, -0.25) is 4.79 Å². The van der Waals surface area contributed by atoms with Crippen LogP contribution < -0.4 is 10.6 Å². The number of carbonyl (C=O) groups is 1. The van der Waals surface area contributed by atoms with Crippen LogP contribution in [0.4, 0.5) is 0 Å². The molecular formula is C12H25N3O2. The summed E-state index contributed by atoms with van der Waals surface area (Å²) in [5, 5.41) is 6.09. The third kappa shape index (κ3) is 5.48. The van der Waals surface area contributed by atoms with Gasteiger partial charge in [0.05, 0.1) is 13.2 Å². The summed E-state index contributed by atoms with van der Waals surface area (Å²) >= 11 is 0. The first kappa shape index (κ1) is 14.4. The molecule has 1 aliphatic heterocycles. The molecule has 0 radical (unpaired) electrons. The number of rotatable bonds is 6. The van der Waals surface area contributed by atoms with Gasteiger partial charge in [-0.25, -0.2) is 0 Å². The Balaban J connectivity index is 2.20. The van der Waals surface area contributed by atoms with Gasteiger partial charge in [0, 0.05) is 38.6 Å². The molecule has 0 spiro atoms. The molecule has 2 atom stereocenters. The lowest BCUT2D eigenvalue weighted by Gasteiger charge is -2.30. The van der Waals surface area contributed by atoms with E-state index >= 15 is 0 Å². The van der Waals surface area contributed by atoms with Crippen LogP contribution in [-0.4, -0.2) is 63.3 Å². The highest BCUT2D eigenvalue weighted by atomic mass is 16.5. The van der Waals surface area contributed by atoms with Crippen LogP contribution in [0.15, 0.2) is 0 Å². The number of carbonyl (C=O) groups excluding carboxylic acids is 1. The zero-order valence-electron chi connectivity index (χ0n) is 11.2. The van der Waals surface area contributed by atoms with Gasteiger partial charge in [0.25, 0.3) is 0 Å². The minimum absolute atomic E-state index is 0.100. The molecule has 5 nitrogen and oxygen atoms in total. The van der Waals surface area contributed by atoms with E-state index in [2.05, 4.69) is 29.5 Å². The van der Waals surface area contributed by atoms with Crippen molar-refractivity contribution in [2.75, 3.05) is 40.4 Å². The Labute approximate surface area is 104 Å². The van der Waals surface area contributed by atoms with E-state index in [1.54, 1.807) is 7.05 Å². The quantitative estimate of drug-likeness (QED) is 0.679. The molecule has 17 heavy (non-hydrogen) atoms. The fourth-order valence-corrected chi connectivity index (χ4v) is 1.99. The zero-order valence-corrected chi connectivity index (χ0v) is 11.2. The first-order valence-corrected chi connectivity index (χ1v) is 6.35. The second kappa shape index (κ2) is 7.63. The highest BCUT2D eigenvalue weighted by Gasteiger charge is 2.18. The van der Waals surface area contributed by atoms with Crippen molar-refractivity contribution in [3.63, 3.8) is 0 Å². The molecule has 1 heterocycles. The maximum atomic E-state index is 11.2. The van der Waals surface area contributed by atoms with Gasteiger partial charge in [-0.05, 0) is 20.4 Å². The van der Waals surface area contributed by atoms with E-state index in [4.69, 9.17) is 4.74 Å². The molecule has 0 aromatic rings. The number of amides is 1. The fraction of sp³-hybridized carbons (Fsp3) is 0.917. The summed E-state index contributed by atoms with van der Waals surface area (Å²) in [7, 11) is 3.74. The number of hydrogen-bond donors (Lipinski definition) is 2. The third-order valence-corrected chi connectivity index (χ3v) is 3.35. The van der Waals surface area contributed by atoms with Crippen molar-refractivity contribution in [2.24, 2.45) is 0 Å². The molecule has 100 valence electrons. The highest BCUT2D eigenvalue weighted by molar-refractivity contribution is 5.75. The number of morpholine rings is 1. The topological polar surface area (TPSA) is 53.6 Å². The Bertz CT molecular complexity index is 230. The predicted octanol–water partition coefficient (Wildman–Crippen LogP) is -0.179. The van der Waals surface area contributed by atoms with Gasteiger partial charge in [-0.15, -0.1) is 0 Å². The first-order chi connectivity index (χ1) is 8.13. The second-order valence-corrected chi connectivity index (χ2v) is 4.71. The number of ether oxygens (including phenoxy) is 1. The average Bonchev–Trinajstić information content (AvgIpc) is 2.36. The van der Waals surface area contributed by atoms with Gasteiger partial charge < -0.3 is 20.3 Å². The monoisotopic (exact) mass is 243 g/mol. The number of nitrogens with one attached hydrogen (secondary N) is 2. The summed E-state index contributed by atoms with van der Waals surface area (Å²) < 4.78 is 5.43. The summed E-state index contributed by atoms with van der Waals surface area (Å²) in [5.41, 5.74) is 0. The Morgan fingerprint density at radius 1 is 1.65 bits per heavy atom. The average molecular weight is 243 g/mol. The van der Waals surface area contributed by atoms with E-state index in [1.807, 2.05) is 0 Å². The lowest BCUT2D eigenvalue weighted by Crippen LogP contribution is -2.45. The van der Waals surface area contributed by atoms with Crippen LogP contribution in [0.1, 0.15) is 19.8 Å². The van der Waals surface area contributed by atoms with Crippen LogP contribution in [0.5, 0.6) is 0 Å². The van der Waals surface area contributed by atoms with E-state index in [0.717, 1.165) is 32.7 Å². The summed E-state index contributed by atoms with van der Waals surface area (Å²) in [6.07, 6.45) is 1.62. The first-order valence-electron chi connectivity index (χ1n) is 6.35. The SMILES string of the molecule is CNC(=O)CCN(C)C(C)CC1COCCN1. The number of nitrogens with zero attached hydrogens (tertiary/aromatic N) is 1. The molecule has 1 amide bonds. The van der Waals surface area contributed by atoms with Crippen molar-refractivity contribution in [2.45, 2.75) is 31.8 Å². The normalized spacial score (nSPS) is 22.5. The summed E-state index contributed by atoms with van der Waals surface area (Å²) in [4.78, 5) is 13.4. The van der Waals surface area contributed by atoms with E-state index < -0.39 is 0 Å².